The second-order valence-electron chi connectivity index (χ2n) is 7.49. The quantitative estimate of drug-likeness (QED) is 0.625. The zero-order valence-corrected chi connectivity index (χ0v) is 18.9. The molecule has 1 N–H and O–H groups in total. The van der Waals surface area contributed by atoms with Crippen molar-refractivity contribution < 1.29 is 19.0 Å². The predicted octanol–water partition coefficient (Wildman–Crippen LogP) is 3.93. The number of aliphatic hydroxyl groups excluding tert-OH is 1. The second kappa shape index (κ2) is 11.5. The number of hydrogen-bond donors (Lipinski definition) is 1. The summed E-state index contributed by atoms with van der Waals surface area (Å²) in [6, 6.07) is 12.8. The third kappa shape index (κ3) is 6.68. The van der Waals surface area contributed by atoms with Crippen molar-refractivity contribution in [1.82, 2.24) is 9.80 Å². The van der Waals surface area contributed by atoms with E-state index in [0.717, 1.165) is 5.56 Å². The molecule has 0 radical (unpaired) electrons. The fourth-order valence-electron chi connectivity index (χ4n) is 3.66. The summed E-state index contributed by atoms with van der Waals surface area (Å²) >= 11 is 5.87. The molecule has 3 rings (SSSR count). The molecule has 0 bridgehead atoms. The van der Waals surface area contributed by atoms with Crippen LogP contribution in [0, 0.1) is 5.82 Å². The van der Waals surface area contributed by atoms with Gasteiger partial charge >= 0.3 is 0 Å². The van der Waals surface area contributed by atoms with Crippen LogP contribution >= 0.6 is 24.0 Å². The van der Waals surface area contributed by atoms with Crippen LogP contribution in [0.25, 0.3) is 0 Å². The van der Waals surface area contributed by atoms with Crippen LogP contribution in [0.1, 0.15) is 12.5 Å². The van der Waals surface area contributed by atoms with E-state index in [0.29, 0.717) is 30.4 Å². The molecular weight excluding hydrogens is 442 g/mol. The summed E-state index contributed by atoms with van der Waals surface area (Å²) in [5.74, 6) is 0.129. The SMILES string of the molecule is C=CC(O)[C@H]1CN(C(=O)COc2ccc(Cl)cc2)[C@H](C)CN1Cc1ccc(F)cc1.Cl. The summed E-state index contributed by atoms with van der Waals surface area (Å²) < 4.78 is 18.8. The Morgan fingerprint density at radius 1 is 1.26 bits per heavy atom. The molecule has 5 nitrogen and oxygen atoms in total. The first-order valence-electron chi connectivity index (χ1n) is 9.84. The number of rotatable bonds is 7. The molecule has 2 aromatic rings. The topological polar surface area (TPSA) is 53.0 Å². The molecule has 1 fully saturated rings. The monoisotopic (exact) mass is 468 g/mol. The normalized spacial score (nSPS) is 19.9. The summed E-state index contributed by atoms with van der Waals surface area (Å²) in [4.78, 5) is 16.7. The smallest absolute Gasteiger partial charge is 0.260 e. The Balaban J connectivity index is 0.00000341. The maximum absolute atomic E-state index is 13.2. The first-order valence-corrected chi connectivity index (χ1v) is 10.2. The predicted molar refractivity (Wildman–Crippen MR) is 122 cm³/mol. The highest BCUT2D eigenvalue weighted by Gasteiger charge is 2.37. The van der Waals surface area contributed by atoms with Crippen molar-refractivity contribution >= 4 is 29.9 Å². The van der Waals surface area contributed by atoms with Crippen LogP contribution in [0.3, 0.4) is 0 Å². The second-order valence-corrected chi connectivity index (χ2v) is 7.92. The van der Waals surface area contributed by atoms with E-state index in [1.807, 2.05) is 6.92 Å². The molecule has 1 aliphatic rings. The Morgan fingerprint density at radius 2 is 1.90 bits per heavy atom. The molecule has 1 saturated heterocycles. The molecule has 31 heavy (non-hydrogen) atoms. The van der Waals surface area contributed by atoms with Gasteiger partial charge in [0.25, 0.3) is 5.91 Å². The van der Waals surface area contributed by atoms with E-state index in [1.54, 1.807) is 41.3 Å². The zero-order chi connectivity index (χ0) is 21.7. The van der Waals surface area contributed by atoms with Gasteiger partial charge in [-0.05, 0) is 48.9 Å². The van der Waals surface area contributed by atoms with Gasteiger partial charge in [0.05, 0.1) is 12.1 Å². The Kier molecular flexibility index (Phi) is 9.32. The van der Waals surface area contributed by atoms with Gasteiger partial charge in [-0.2, -0.15) is 0 Å². The molecule has 0 aliphatic carbocycles. The van der Waals surface area contributed by atoms with E-state index in [1.165, 1.54) is 18.2 Å². The van der Waals surface area contributed by atoms with Crippen LogP contribution < -0.4 is 4.74 Å². The van der Waals surface area contributed by atoms with Gasteiger partial charge in [-0.1, -0.05) is 29.8 Å². The van der Waals surface area contributed by atoms with Gasteiger partial charge in [-0.25, -0.2) is 4.39 Å². The molecule has 8 heteroatoms. The van der Waals surface area contributed by atoms with Crippen LogP contribution in [0.4, 0.5) is 4.39 Å². The largest absolute Gasteiger partial charge is 0.484 e. The Morgan fingerprint density at radius 3 is 2.52 bits per heavy atom. The molecule has 0 spiro atoms. The summed E-state index contributed by atoms with van der Waals surface area (Å²) in [7, 11) is 0. The van der Waals surface area contributed by atoms with Crippen LogP contribution in [-0.4, -0.2) is 58.7 Å². The van der Waals surface area contributed by atoms with E-state index < -0.39 is 6.10 Å². The molecule has 1 unspecified atom stereocenters. The standard InChI is InChI=1S/C23H26ClFN2O3.ClH/c1-3-22(28)21-14-27(23(29)15-30-20-10-6-18(24)7-11-20)16(2)12-26(21)13-17-4-8-19(25)9-5-17;/h3-11,16,21-22,28H,1,12-15H2,2H3;1H/t16-,21-,22?;/m1./s1. The van der Waals surface area contributed by atoms with E-state index in [2.05, 4.69) is 11.5 Å². The van der Waals surface area contributed by atoms with E-state index in [-0.39, 0.29) is 42.8 Å². The average Bonchev–Trinajstić information content (AvgIpc) is 2.74. The lowest BCUT2D eigenvalue weighted by molar-refractivity contribution is -0.141. The van der Waals surface area contributed by atoms with Crippen LogP contribution in [0.2, 0.25) is 5.02 Å². The number of halogens is 3. The van der Waals surface area contributed by atoms with Gasteiger partial charge in [0.1, 0.15) is 11.6 Å². The lowest BCUT2D eigenvalue weighted by Gasteiger charge is -2.46. The number of hydrogen-bond acceptors (Lipinski definition) is 4. The molecule has 168 valence electrons. The number of amides is 1. The summed E-state index contributed by atoms with van der Waals surface area (Å²) in [6.45, 7) is 7.03. The third-order valence-corrected chi connectivity index (χ3v) is 5.57. The van der Waals surface area contributed by atoms with Gasteiger partial charge in [-0.3, -0.25) is 9.69 Å². The number of carbonyl (C=O) groups is 1. The minimum atomic E-state index is -0.801. The highest BCUT2D eigenvalue weighted by Crippen LogP contribution is 2.22. The van der Waals surface area contributed by atoms with Crippen molar-refractivity contribution in [2.45, 2.75) is 31.7 Å². The zero-order valence-electron chi connectivity index (χ0n) is 17.3. The van der Waals surface area contributed by atoms with Crippen LogP contribution in [-0.2, 0) is 11.3 Å². The molecule has 2 aromatic carbocycles. The first kappa shape index (κ1) is 25.1. The summed E-state index contributed by atoms with van der Waals surface area (Å²) in [5, 5.41) is 11.1. The van der Waals surface area contributed by atoms with Gasteiger partial charge in [0.2, 0.25) is 0 Å². The summed E-state index contributed by atoms with van der Waals surface area (Å²) in [5.41, 5.74) is 0.940. The third-order valence-electron chi connectivity index (χ3n) is 5.31. The summed E-state index contributed by atoms with van der Waals surface area (Å²) in [6.07, 6.45) is 0.677. The van der Waals surface area contributed by atoms with Crippen molar-refractivity contribution in [3.05, 3.63) is 77.6 Å². The van der Waals surface area contributed by atoms with Gasteiger partial charge < -0.3 is 14.7 Å². The van der Waals surface area contributed by atoms with Gasteiger partial charge in [-0.15, -0.1) is 19.0 Å². The minimum Gasteiger partial charge on any atom is -0.484 e. The Bertz CT molecular complexity index is 864. The number of nitrogens with zero attached hydrogens (tertiary/aromatic N) is 2. The fourth-order valence-corrected chi connectivity index (χ4v) is 3.79. The number of piperazine rings is 1. The Labute approximate surface area is 193 Å². The van der Waals surface area contributed by atoms with Gasteiger partial charge in [0.15, 0.2) is 6.61 Å². The lowest BCUT2D eigenvalue weighted by atomic mass is 10.0. The molecule has 1 heterocycles. The molecule has 3 atom stereocenters. The van der Waals surface area contributed by atoms with Crippen LogP contribution in [0.15, 0.2) is 61.2 Å². The minimum absolute atomic E-state index is 0. The maximum atomic E-state index is 13.2. The molecule has 1 amide bonds. The number of aliphatic hydroxyl groups is 1. The molecule has 1 aliphatic heterocycles. The maximum Gasteiger partial charge on any atom is 0.260 e. The highest BCUT2D eigenvalue weighted by atomic mass is 35.5. The fraction of sp³-hybridized carbons (Fsp3) is 0.348. The van der Waals surface area contributed by atoms with Crippen molar-refractivity contribution in [2.75, 3.05) is 19.7 Å². The van der Waals surface area contributed by atoms with Crippen molar-refractivity contribution in [3.63, 3.8) is 0 Å². The Hall–Kier alpha value is -2.12. The van der Waals surface area contributed by atoms with Crippen LogP contribution in [0.5, 0.6) is 5.75 Å². The highest BCUT2D eigenvalue weighted by molar-refractivity contribution is 6.30. The molecule has 0 aromatic heterocycles. The van der Waals surface area contributed by atoms with E-state index in [4.69, 9.17) is 16.3 Å². The molecule has 0 saturated carbocycles. The first-order chi connectivity index (χ1) is 14.4. The van der Waals surface area contributed by atoms with Crippen molar-refractivity contribution in [3.8, 4) is 5.75 Å². The van der Waals surface area contributed by atoms with Crippen molar-refractivity contribution in [1.29, 1.82) is 0 Å². The van der Waals surface area contributed by atoms with Crippen molar-refractivity contribution in [2.24, 2.45) is 0 Å². The number of benzene rings is 2. The van der Waals surface area contributed by atoms with Gasteiger partial charge in [0, 0.05) is 30.7 Å². The van der Waals surface area contributed by atoms with E-state index >= 15 is 0 Å². The number of carbonyl (C=O) groups excluding carboxylic acids is 1. The number of ether oxygens (including phenoxy) is 1. The van der Waals surface area contributed by atoms with E-state index in [9.17, 15) is 14.3 Å². The lowest BCUT2D eigenvalue weighted by Crippen LogP contribution is -2.62. The average molecular weight is 469 g/mol. The molecular formula is C23H27Cl2FN2O3.